The molecular weight excluding hydrogens is 298 g/mol. The van der Waals surface area contributed by atoms with Gasteiger partial charge in [0.05, 0.1) is 5.75 Å². The number of carbonyl (C=O) groups excluding carboxylic acids is 1. The van der Waals surface area contributed by atoms with Crippen LogP contribution in [-0.4, -0.2) is 38.8 Å². The number of aromatic nitrogens is 2. The molecule has 1 aliphatic rings. The molecule has 6 heteroatoms. The quantitative estimate of drug-likeness (QED) is 0.743. The summed E-state index contributed by atoms with van der Waals surface area (Å²) in [5, 5.41) is 8.77. The second-order valence-corrected chi connectivity index (χ2v) is 7.44. The summed E-state index contributed by atoms with van der Waals surface area (Å²) >= 11 is 1.35. The predicted octanol–water partition coefficient (Wildman–Crippen LogP) is 3.85. The maximum atomic E-state index is 12.3. The lowest BCUT2D eigenvalue weighted by atomic mass is 9.89. The molecule has 1 saturated carbocycles. The fourth-order valence-corrected chi connectivity index (χ4v) is 3.80. The van der Waals surface area contributed by atoms with Gasteiger partial charge in [-0.2, -0.15) is 0 Å². The Hall–Kier alpha value is -1.04. The minimum atomic E-state index is 0.118. The molecule has 0 aromatic carbocycles. The van der Waals surface area contributed by atoms with Gasteiger partial charge >= 0.3 is 0 Å². The van der Waals surface area contributed by atoms with Crippen LogP contribution in [0, 0.1) is 0 Å². The lowest BCUT2D eigenvalue weighted by molar-refractivity contribution is -0.131. The number of carbonyl (C=O) groups is 1. The Morgan fingerprint density at radius 2 is 1.82 bits per heavy atom. The summed E-state index contributed by atoms with van der Waals surface area (Å²) in [6.45, 7) is 8.15. The Balaban J connectivity index is 1.89. The average molecular weight is 325 g/mol. The van der Waals surface area contributed by atoms with Crippen molar-refractivity contribution in [1.82, 2.24) is 15.1 Å². The van der Waals surface area contributed by atoms with Gasteiger partial charge in [-0.15, -0.1) is 10.2 Å². The molecule has 1 heterocycles. The van der Waals surface area contributed by atoms with Crippen molar-refractivity contribution < 1.29 is 9.21 Å². The van der Waals surface area contributed by atoms with E-state index in [4.69, 9.17) is 4.42 Å². The number of nitrogens with zero attached hydrogens (tertiary/aromatic N) is 3. The van der Waals surface area contributed by atoms with Crippen molar-refractivity contribution in [3.63, 3.8) is 0 Å². The molecule has 0 N–H and O–H groups in total. The van der Waals surface area contributed by atoms with Crippen LogP contribution in [0.4, 0.5) is 0 Å². The first kappa shape index (κ1) is 17.3. The topological polar surface area (TPSA) is 59.2 Å². The molecule has 0 radical (unpaired) electrons. The number of hydrogen-bond acceptors (Lipinski definition) is 5. The van der Waals surface area contributed by atoms with Crippen LogP contribution in [0.5, 0.6) is 0 Å². The molecule has 1 aromatic heterocycles. The molecule has 5 nitrogen and oxygen atoms in total. The van der Waals surface area contributed by atoms with Gasteiger partial charge in [0.25, 0.3) is 5.22 Å². The van der Waals surface area contributed by atoms with Crippen molar-refractivity contribution in [2.75, 3.05) is 5.75 Å². The van der Waals surface area contributed by atoms with Crippen molar-refractivity contribution in [3.05, 3.63) is 5.89 Å². The van der Waals surface area contributed by atoms with Crippen LogP contribution < -0.4 is 0 Å². The summed E-state index contributed by atoms with van der Waals surface area (Å²) in [4.78, 5) is 14.2. The van der Waals surface area contributed by atoms with E-state index in [-0.39, 0.29) is 18.0 Å². The Morgan fingerprint density at radius 1 is 1.18 bits per heavy atom. The Bertz CT molecular complexity index is 473. The van der Waals surface area contributed by atoms with Gasteiger partial charge in [-0.05, 0) is 40.5 Å². The van der Waals surface area contributed by atoms with Gasteiger partial charge in [-0.25, -0.2) is 0 Å². The molecule has 1 aromatic rings. The van der Waals surface area contributed by atoms with Crippen LogP contribution in [0.2, 0.25) is 0 Å². The van der Waals surface area contributed by atoms with Crippen molar-refractivity contribution >= 4 is 17.7 Å². The van der Waals surface area contributed by atoms with E-state index in [1.165, 1.54) is 31.0 Å². The second-order valence-electron chi connectivity index (χ2n) is 6.52. The summed E-state index contributed by atoms with van der Waals surface area (Å²) in [6.07, 6.45) is 6.07. The monoisotopic (exact) mass is 325 g/mol. The first-order valence-corrected chi connectivity index (χ1v) is 9.25. The maximum absolute atomic E-state index is 12.3. The van der Waals surface area contributed by atoms with E-state index in [1.807, 2.05) is 32.6 Å². The highest BCUT2D eigenvalue weighted by Crippen LogP contribution is 2.32. The highest BCUT2D eigenvalue weighted by Gasteiger charge is 2.23. The molecule has 0 spiro atoms. The van der Waals surface area contributed by atoms with E-state index in [0.717, 1.165) is 18.7 Å². The molecule has 1 amide bonds. The highest BCUT2D eigenvalue weighted by molar-refractivity contribution is 7.99. The first-order valence-electron chi connectivity index (χ1n) is 8.26. The molecule has 1 fully saturated rings. The zero-order valence-electron chi connectivity index (χ0n) is 14.0. The Morgan fingerprint density at radius 3 is 2.41 bits per heavy atom. The largest absolute Gasteiger partial charge is 0.416 e. The maximum Gasteiger partial charge on any atom is 0.277 e. The summed E-state index contributed by atoms with van der Waals surface area (Å²) < 4.78 is 5.74. The van der Waals surface area contributed by atoms with E-state index in [9.17, 15) is 4.79 Å². The Labute approximate surface area is 137 Å². The molecule has 0 bridgehead atoms. The summed E-state index contributed by atoms with van der Waals surface area (Å²) in [7, 11) is 0. The lowest BCUT2D eigenvalue weighted by Gasteiger charge is -2.30. The fraction of sp³-hybridized carbons (Fsp3) is 0.812. The van der Waals surface area contributed by atoms with Crippen molar-refractivity contribution in [2.45, 2.75) is 83.0 Å². The third-order valence-electron chi connectivity index (χ3n) is 4.10. The van der Waals surface area contributed by atoms with Crippen molar-refractivity contribution in [1.29, 1.82) is 0 Å². The van der Waals surface area contributed by atoms with E-state index in [0.29, 0.717) is 16.9 Å². The van der Waals surface area contributed by atoms with E-state index >= 15 is 0 Å². The minimum absolute atomic E-state index is 0.118. The summed E-state index contributed by atoms with van der Waals surface area (Å²) in [5.74, 6) is 1.63. The molecule has 22 heavy (non-hydrogen) atoms. The SMILES string of the molecule is CC(C)N(C(=O)CSc1nnc(C2CCCCC2)o1)C(C)C. The highest BCUT2D eigenvalue weighted by atomic mass is 32.2. The van der Waals surface area contributed by atoms with Gasteiger partial charge in [0.15, 0.2) is 0 Å². The smallest absolute Gasteiger partial charge is 0.277 e. The molecule has 0 saturated heterocycles. The van der Waals surface area contributed by atoms with Gasteiger partial charge < -0.3 is 9.32 Å². The van der Waals surface area contributed by atoms with Crippen LogP contribution in [-0.2, 0) is 4.79 Å². The number of rotatable bonds is 6. The zero-order valence-corrected chi connectivity index (χ0v) is 14.9. The second kappa shape index (κ2) is 7.99. The van der Waals surface area contributed by atoms with Crippen LogP contribution >= 0.6 is 11.8 Å². The van der Waals surface area contributed by atoms with E-state index in [2.05, 4.69) is 10.2 Å². The standard InChI is InChI=1S/C16H27N3O2S/c1-11(2)19(12(3)4)14(20)10-22-16-18-17-15(21-16)13-8-6-5-7-9-13/h11-13H,5-10H2,1-4H3. The zero-order chi connectivity index (χ0) is 16.1. The lowest BCUT2D eigenvalue weighted by Crippen LogP contribution is -2.43. The van der Waals surface area contributed by atoms with Crippen LogP contribution in [0.1, 0.15) is 71.6 Å². The Kier molecular flexibility index (Phi) is 6.29. The molecular formula is C16H27N3O2S. The molecule has 2 rings (SSSR count). The van der Waals surface area contributed by atoms with Gasteiger partial charge in [0.1, 0.15) is 0 Å². The van der Waals surface area contributed by atoms with Gasteiger partial charge in [0.2, 0.25) is 11.8 Å². The fourth-order valence-electron chi connectivity index (χ4n) is 3.16. The van der Waals surface area contributed by atoms with Crippen LogP contribution in [0.15, 0.2) is 9.64 Å². The van der Waals surface area contributed by atoms with E-state index < -0.39 is 0 Å². The third kappa shape index (κ3) is 4.48. The van der Waals surface area contributed by atoms with Crippen LogP contribution in [0.3, 0.4) is 0 Å². The number of hydrogen-bond donors (Lipinski definition) is 0. The summed E-state index contributed by atoms with van der Waals surface area (Å²) in [5.41, 5.74) is 0. The molecule has 124 valence electrons. The molecule has 0 aliphatic heterocycles. The first-order chi connectivity index (χ1) is 10.5. The van der Waals surface area contributed by atoms with Crippen LogP contribution in [0.25, 0.3) is 0 Å². The molecule has 0 atom stereocenters. The van der Waals surface area contributed by atoms with Gasteiger partial charge in [-0.1, -0.05) is 31.0 Å². The predicted molar refractivity (Wildman–Crippen MR) is 88.0 cm³/mol. The number of amides is 1. The molecule has 1 aliphatic carbocycles. The molecule has 0 unspecified atom stereocenters. The van der Waals surface area contributed by atoms with Gasteiger partial charge in [0, 0.05) is 18.0 Å². The normalized spacial score (nSPS) is 16.5. The summed E-state index contributed by atoms with van der Waals surface area (Å²) in [6, 6.07) is 0.405. The van der Waals surface area contributed by atoms with E-state index in [1.54, 1.807) is 0 Å². The average Bonchev–Trinajstić information content (AvgIpc) is 2.94. The van der Waals surface area contributed by atoms with Crippen molar-refractivity contribution in [3.8, 4) is 0 Å². The minimum Gasteiger partial charge on any atom is -0.416 e. The van der Waals surface area contributed by atoms with Gasteiger partial charge in [-0.3, -0.25) is 4.79 Å². The third-order valence-corrected chi connectivity index (χ3v) is 4.90. The van der Waals surface area contributed by atoms with Crippen molar-refractivity contribution in [2.24, 2.45) is 0 Å². The number of thioether (sulfide) groups is 1.